The minimum atomic E-state index is -0.302. The number of nitrogens with zero attached hydrogens (tertiary/aromatic N) is 4. The van der Waals surface area contributed by atoms with Crippen molar-refractivity contribution in [3.63, 3.8) is 0 Å². The Morgan fingerprint density at radius 3 is 2.44 bits per heavy atom. The van der Waals surface area contributed by atoms with E-state index in [1.807, 2.05) is 30.7 Å². The predicted molar refractivity (Wildman–Crippen MR) is 96.1 cm³/mol. The molecule has 0 unspecified atom stereocenters. The van der Waals surface area contributed by atoms with Crippen LogP contribution >= 0.6 is 0 Å². The van der Waals surface area contributed by atoms with Gasteiger partial charge in [0.2, 0.25) is 0 Å². The van der Waals surface area contributed by atoms with Crippen molar-refractivity contribution < 1.29 is 9.18 Å². The van der Waals surface area contributed by atoms with Crippen LogP contribution in [-0.2, 0) is 0 Å². The number of aromatic nitrogens is 2. The van der Waals surface area contributed by atoms with Gasteiger partial charge in [0.15, 0.2) is 5.82 Å². The zero-order chi connectivity index (χ0) is 18.0. The van der Waals surface area contributed by atoms with Gasteiger partial charge in [0.25, 0.3) is 5.91 Å². The van der Waals surface area contributed by atoms with Crippen LogP contribution in [0.3, 0.4) is 0 Å². The van der Waals surface area contributed by atoms with Crippen molar-refractivity contribution >= 4 is 11.7 Å². The van der Waals surface area contributed by atoms with Crippen LogP contribution in [0.1, 0.15) is 37.0 Å². The number of halogens is 1. The van der Waals surface area contributed by atoms with E-state index in [1.165, 1.54) is 12.1 Å². The number of likely N-dealkylation sites (tertiary alicyclic amines) is 1. The second kappa shape index (κ2) is 7.17. The van der Waals surface area contributed by atoms with Gasteiger partial charge >= 0.3 is 0 Å². The molecule has 1 aromatic carbocycles. The average molecular weight is 342 g/mol. The topological polar surface area (TPSA) is 49.3 Å². The Morgan fingerprint density at radius 2 is 1.84 bits per heavy atom. The number of amides is 1. The molecule has 25 heavy (non-hydrogen) atoms. The summed E-state index contributed by atoms with van der Waals surface area (Å²) in [5.41, 5.74) is 1.24. The lowest BCUT2D eigenvalue weighted by Crippen LogP contribution is -2.33. The number of hydrogen-bond acceptors (Lipinski definition) is 4. The van der Waals surface area contributed by atoms with Crippen LogP contribution in [0.15, 0.2) is 30.5 Å². The maximum Gasteiger partial charge on any atom is 0.259 e. The second-order valence-electron chi connectivity index (χ2n) is 6.64. The highest BCUT2D eigenvalue weighted by Gasteiger charge is 2.25. The van der Waals surface area contributed by atoms with Crippen LogP contribution in [0.2, 0.25) is 0 Å². The first-order chi connectivity index (χ1) is 12.0. The van der Waals surface area contributed by atoms with E-state index in [1.54, 1.807) is 18.3 Å². The molecule has 0 spiro atoms. The largest absolute Gasteiger partial charge is 0.356 e. The molecule has 6 heteroatoms. The quantitative estimate of drug-likeness (QED) is 0.855. The van der Waals surface area contributed by atoms with Gasteiger partial charge in [0.05, 0.1) is 0 Å². The molecule has 3 rings (SSSR count). The van der Waals surface area contributed by atoms with E-state index >= 15 is 0 Å². The summed E-state index contributed by atoms with van der Waals surface area (Å²) in [6.45, 7) is 5.65. The van der Waals surface area contributed by atoms with Gasteiger partial charge in [-0.05, 0) is 51.0 Å². The highest BCUT2D eigenvalue weighted by Crippen LogP contribution is 2.25. The summed E-state index contributed by atoms with van der Waals surface area (Å²) in [7, 11) is 1.92. The first-order valence-corrected chi connectivity index (χ1v) is 8.62. The first-order valence-electron chi connectivity index (χ1n) is 8.62. The zero-order valence-corrected chi connectivity index (χ0v) is 14.9. The number of anilines is 1. The molecule has 1 amide bonds. The lowest BCUT2D eigenvalue weighted by molar-refractivity contribution is 0.0792. The maximum absolute atomic E-state index is 13.2. The number of carbonyl (C=O) groups excluding carboxylic acids is 1. The lowest BCUT2D eigenvalue weighted by Gasteiger charge is -2.26. The van der Waals surface area contributed by atoms with Gasteiger partial charge in [0.1, 0.15) is 17.2 Å². The number of carbonyl (C=O) groups is 1. The van der Waals surface area contributed by atoms with Crippen LogP contribution in [0.4, 0.5) is 10.2 Å². The van der Waals surface area contributed by atoms with Crippen molar-refractivity contribution in [2.45, 2.75) is 32.7 Å². The Morgan fingerprint density at radius 1 is 1.20 bits per heavy atom. The molecule has 0 saturated carbocycles. The van der Waals surface area contributed by atoms with Crippen molar-refractivity contribution in [2.75, 3.05) is 25.0 Å². The van der Waals surface area contributed by atoms with Gasteiger partial charge in [-0.1, -0.05) is 0 Å². The van der Waals surface area contributed by atoms with Crippen molar-refractivity contribution in [1.29, 1.82) is 0 Å². The number of benzene rings is 1. The fourth-order valence-electron chi connectivity index (χ4n) is 2.87. The molecule has 5 nitrogen and oxygen atoms in total. The normalized spacial score (nSPS) is 14.2. The SMILES string of the molecule is CC(C)N(C)c1nc(-c2ccc(F)cc2)ncc1C(=O)N1CCCC1. The van der Waals surface area contributed by atoms with Crippen molar-refractivity contribution in [3.05, 3.63) is 41.8 Å². The summed E-state index contributed by atoms with van der Waals surface area (Å²) in [5, 5.41) is 0. The Balaban J connectivity index is 2.02. The van der Waals surface area contributed by atoms with Crippen LogP contribution < -0.4 is 4.90 Å². The third kappa shape index (κ3) is 3.62. The van der Waals surface area contributed by atoms with Crippen molar-refractivity contribution in [1.82, 2.24) is 14.9 Å². The van der Waals surface area contributed by atoms with E-state index in [0.717, 1.165) is 31.5 Å². The molecule has 1 saturated heterocycles. The Bertz CT molecular complexity index is 755. The Hall–Kier alpha value is -2.50. The summed E-state index contributed by atoms with van der Waals surface area (Å²) in [6, 6.07) is 6.24. The van der Waals surface area contributed by atoms with E-state index in [9.17, 15) is 9.18 Å². The molecule has 1 aliphatic heterocycles. The molecule has 1 aromatic heterocycles. The van der Waals surface area contributed by atoms with Gasteiger partial charge in [-0.15, -0.1) is 0 Å². The monoisotopic (exact) mass is 342 g/mol. The highest BCUT2D eigenvalue weighted by molar-refractivity contribution is 5.99. The Labute approximate surface area is 147 Å². The molecular weight excluding hydrogens is 319 g/mol. The lowest BCUT2D eigenvalue weighted by atomic mass is 10.2. The molecule has 1 fully saturated rings. The minimum absolute atomic E-state index is 0.0225. The van der Waals surface area contributed by atoms with Gasteiger partial charge in [-0.25, -0.2) is 14.4 Å². The zero-order valence-electron chi connectivity index (χ0n) is 14.9. The fraction of sp³-hybridized carbons (Fsp3) is 0.421. The highest BCUT2D eigenvalue weighted by atomic mass is 19.1. The first kappa shape index (κ1) is 17.3. The summed E-state index contributed by atoms with van der Waals surface area (Å²) in [4.78, 5) is 25.7. The molecule has 132 valence electrons. The molecule has 0 aliphatic carbocycles. The van der Waals surface area contributed by atoms with Gasteiger partial charge < -0.3 is 9.80 Å². The minimum Gasteiger partial charge on any atom is -0.356 e. The van der Waals surface area contributed by atoms with E-state index in [2.05, 4.69) is 9.97 Å². The second-order valence-corrected chi connectivity index (χ2v) is 6.64. The molecule has 2 aromatic rings. The maximum atomic E-state index is 13.2. The summed E-state index contributed by atoms with van der Waals surface area (Å²) in [6.07, 6.45) is 3.67. The molecule has 0 atom stereocenters. The van der Waals surface area contributed by atoms with Gasteiger partial charge in [-0.3, -0.25) is 4.79 Å². The van der Waals surface area contributed by atoms with Crippen LogP contribution in [0.25, 0.3) is 11.4 Å². The summed E-state index contributed by atoms with van der Waals surface area (Å²) >= 11 is 0. The van der Waals surface area contributed by atoms with Gasteiger partial charge in [-0.2, -0.15) is 0 Å². The van der Waals surface area contributed by atoms with E-state index in [4.69, 9.17) is 0 Å². The number of rotatable bonds is 4. The van der Waals surface area contributed by atoms with Crippen LogP contribution in [-0.4, -0.2) is 47.0 Å². The van der Waals surface area contributed by atoms with Crippen molar-refractivity contribution in [2.24, 2.45) is 0 Å². The number of hydrogen-bond donors (Lipinski definition) is 0. The summed E-state index contributed by atoms with van der Waals surface area (Å²) < 4.78 is 13.2. The molecular formula is C19H23FN4O. The van der Waals surface area contributed by atoms with E-state index < -0.39 is 0 Å². The molecule has 1 aliphatic rings. The molecule has 2 heterocycles. The molecule has 0 bridgehead atoms. The predicted octanol–water partition coefficient (Wildman–Crippen LogP) is 3.36. The third-order valence-electron chi connectivity index (χ3n) is 4.60. The van der Waals surface area contributed by atoms with Crippen LogP contribution in [0.5, 0.6) is 0 Å². The standard InChI is InChI=1S/C19H23FN4O/c1-13(2)23(3)18-16(19(25)24-10-4-5-11-24)12-21-17(22-18)14-6-8-15(20)9-7-14/h6-9,12-13H,4-5,10-11H2,1-3H3. The van der Waals surface area contributed by atoms with Gasteiger partial charge in [0, 0.05) is 37.9 Å². The fourth-order valence-corrected chi connectivity index (χ4v) is 2.87. The van der Waals surface area contributed by atoms with Crippen molar-refractivity contribution in [3.8, 4) is 11.4 Å². The third-order valence-corrected chi connectivity index (χ3v) is 4.60. The van der Waals surface area contributed by atoms with E-state index in [-0.39, 0.29) is 17.8 Å². The summed E-state index contributed by atoms with van der Waals surface area (Å²) in [5.74, 6) is 0.774. The molecule has 0 N–H and O–H groups in total. The molecule has 0 radical (unpaired) electrons. The average Bonchev–Trinajstić information content (AvgIpc) is 3.15. The Kier molecular flexibility index (Phi) is 4.97. The van der Waals surface area contributed by atoms with E-state index in [0.29, 0.717) is 17.2 Å². The van der Waals surface area contributed by atoms with Crippen LogP contribution in [0, 0.1) is 5.82 Å². The smallest absolute Gasteiger partial charge is 0.259 e.